The fraction of sp³-hybridized carbons (Fsp3) is 0.292. The van der Waals surface area contributed by atoms with Crippen molar-refractivity contribution in [3.63, 3.8) is 0 Å². The number of benzene rings is 2. The van der Waals surface area contributed by atoms with Gasteiger partial charge < -0.3 is 25.0 Å². The second-order valence-corrected chi connectivity index (χ2v) is 8.28. The van der Waals surface area contributed by atoms with Crippen molar-refractivity contribution in [2.24, 2.45) is 0 Å². The highest BCUT2D eigenvalue weighted by molar-refractivity contribution is 6.33. The van der Waals surface area contributed by atoms with E-state index >= 15 is 0 Å². The minimum Gasteiger partial charge on any atom is -0.508 e. The zero-order valence-corrected chi connectivity index (χ0v) is 19.9. The van der Waals surface area contributed by atoms with Gasteiger partial charge in [-0.2, -0.15) is 0 Å². The lowest BCUT2D eigenvalue weighted by molar-refractivity contribution is 0.0787. The van der Waals surface area contributed by atoms with Crippen molar-refractivity contribution in [2.45, 2.75) is 6.42 Å². The van der Waals surface area contributed by atoms with Crippen LogP contribution in [-0.4, -0.2) is 72.1 Å². The first-order valence-electron chi connectivity index (χ1n) is 10.4. The van der Waals surface area contributed by atoms with E-state index in [9.17, 15) is 9.90 Å². The van der Waals surface area contributed by atoms with E-state index in [1.54, 1.807) is 60.7 Å². The Kier molecular flexibility index (Phi) is 8.08. The molecule has 0 saturated carbocycles. The van der Waals surface area contributed by atoms with Gasteiger partial charge in [0.15, 0.2) is 0 Å². The Labute approximate surface area is 198 Å². The minimum absolute atomic E-state index is 0.159. The summed E-state index contributed by atoms with van der Waals surface area (Å²) in [7, 11) is 7.28. The third-order valence-corrected chi connectivity index (χ3v) is 5.34. The molecule has 2 aromatic carbocycles. The van der Waals surface area contributed by atoms with Crippen molar-refractivity contribution in [3.8, 4) is 22.8 Å². The molecule has 0 aliphatic carbocycles. The number of ether oxygens (including phenoxy) is 1. The van der Waals surface area contributed by atoms with Crippen molar-refractivity contribution in [2.75, 3.05) is 46.7 Å². The molecule has 3 rings (SSSR count). The van der Waals surface area contributed by atoms with Crippen molar-refractivity contribution in [1.29, 1.82) is 0 Å². The molecule has 0 atom stereocenters. The summed E-state index contributed by atoms with van der Waals surface area (Å²) in [6.07, 6.45) is 4.07. The first-order chi connectivity index (χ1) is 15.8. The van der Waals surface area contributed by atoms with Crippen LogP contribution in [0.2, 0.25) is 5.02 Å². The fourth-order valence-electron chi connectivity index (χ4n) is 3.25. The largest absolute Gasteiger partial charge is 0.508 e. The zero-order chi connectivity index (χ0) is 24.0. The van der Waals surface area contributed by atoms with Crippen LogP contribution in [0.15, 0.2) is 48.8 Å². The third-order valence-electron chi connectivity index (χ3n) is 5.03. The van der Waals surface area contributed by atoms with Crippen LogP contribution in [0.4, 0.5) is 11.5 Å². The van der Waals surface area contributed by atoms with Crippen LogP contribution >= 0.6 is 11.6 Å². The van der Waals surface area contributed by atoms with Crippen LogP contribution < -0.4 is 10.1 Å². The minimum atomic E-state index is -0.159. The number of nitrogens with zero attached hydrogens (tertiary/aromatic N) is 4. The number of nitrogens with one attached hydrogen (secondary N) is 1. The van der Waals surface area contributed by atoms with Crippen LogP contribution in [0, 0.1) is 0 Å². The van der Waals surface area contributed by atoms with E-state index in [1.165, 1.54) is 7.11 Å². The lowest BCUT2D eigenvalue weighted by Gasteiger charge is -2.20. The van der Waals surface area contributed by atoms with Crippen molar-refractivity contribution >= 4 is 29.0 Å². The first-order valence-corrected chi connectivity index (χ1v) is 10.8. The molecule has 174 valence electrons. The lowest BCUT2D eigenvalue weighted by atomic mass is 10.1. The predicted molar refractivity (Wildman–Crippen MR) is 131 cm³/mol. The average molecular weight is 470 g/mol. The zero-order valence-electron chi connectivity index (χ0n) is 19.2. The van der Waals surface area contributed by atoms with Gasteiger partial charge in [-0.1, -0.05) is 11.6 Å². The highest BCUT2D eigenvalue weighted by Crippen LogP contribution is 2.33. The van der Waals surface area contributed by atoms with Gasteiger partial charge in [0.25, 0.3) is 5.91 Å². The van der Waals surface area contributed by atoms with E-state index in [-0.39, 0.29) is 11.7 Å². The number of hydrogen-bond acceptors (Lipinski definition) is 7. The molecule has 2 N–H and O–H groups in total. The number of phenols is 1. The number of carbonyl (C=O) groups is 1. The predicted octanol–water partition coefficient (Wildman–Crippen LogP) is 4.28. The standard InChI is InChI=1S/C24H28ClN5O3/c1-29(2)10-5-11-30(3)24(32)18-12-19(25)20(13-22(18)33-4)27-23-15-26-14-21(28-23)16-6-8-17(31)9-7-16/h6-9,12-15,31H,5,10-11H2,1-4H3,(H,27,28). The van der Waals surface area contributed by atoms with Crippen LogP contribution in [0.5, 0.6) is 11.5 Å². The summed E-state index contributed by atoms with van der Waals surface area (Å²) in [5.74, 6) is 0.907. The van der Waals surface area contributed by atoms with Gasteiger partial charge in [-0.25, -0.2) is 4.98 Å². The Bertz CT molecular complexity index is 1110. The topological polar surface area (TPSA) is 90.8 Å². The van der Waals surface area contributed by atoms with Gasteiger partial charge >= 0.3 is 0 Å². The Morgan fingerprint density at radius 2 is 1.85 bits per heavy atom. The maximum absolute atomic E-state index is 13.0. The van der Waals surface area contributed by atoms with E-state index in [4.69, 9.17) is 16.3 Å². The monoisotopic (exact) mass is 469 g/mol. The van der Waals surface area contributed by atoms with Gasteiger partial charge in [0.1, 0.15) is 17.3 Å². The Hall–Kier alpha value is -3.36. The molecule has 1 heterocycles. The molecule has 1 amide bonds. The number of hydrogen-bond donors (Lipinski definition) is 2. The van der Waals surface area contributed by atoms with Crippen molar-refractivity contribution in [1.82, 2.24) is 19.8 Å². The number of anilines is 2. The molecule has 0 bridgehead atoms. The van der Waals surface area contributed by atoms with Gasteiger partial charge in [-0.15, -0.1) is 0 Å². The molecule has 0 spiro atoms. The molecule has 0 fully saturated rings. The molecular weight excluding hydrogens is 442 g/mol. The van der Waals surface area contributed by atoms with Crippen LogP contribution in [0.1, 0.15) is 16.8 Å². The van der Waals surface area contributed by atoms with E-state index in [2.05, 4.69) is 20.2 Å². The van der Waals surface area contributed by atoms with E-state index in [0.717, 1.165) is 18.5 Å². The normalized spacial score (nSPS) is 10.8. The van der Waals surface area contributed by atoms with Crippen molar-refractivity contribution < 1.29 is 14.6 Å². The summed E-state index contributed by atoms with van der Waals surface area (Å²) in [5.41, 5.74) is 2.38. The summed E-state index contributed by atoms with van der Waals surface area (Å²) in [6.45, 7) is 1.51. The Balaban J connectivity index is 1.80. The molecule has 0 saturated heterocycles. The number of rotatable bonds is 9. The molecular formula is C24H28ClN5O3. The second kappa shape index (κ2) is 11.0. The number of aromatic nitrogens is 2. The molecule has 0 aliphatic rings. The molecule has 0 unspecified atom stereocenters. The second-order valence-electron chi connectivity index (χ2n) is 7.88. The van der Waals surface area contributed by atoms with Crippen molar-refractivity contribution in [3.05, 3.63) is 59.4 Å². The smallest absolute Gasteiger partial charge is 0.257 e. The van der Waals surface area contributed by atoms with E-state index in [1.807, 2.05) is 14.1 Å². The Morgan fingerprint density at radius 3 is 2.52 bits per heavy atom. The summed E-state index contributed by atoms with van der Waals surface area (Å²) < 4.78 is 5.48. The first kappa shape index (κ1) is 24.3. The molecule has 0 aliphatic heterocycles. The molecule has 0 radical (unpaired) electrons. The molecule has 3 aromatic rings. The number of amides is 1. The summed E-state index contributed by atoms with van der Waals surface area (Å²) in [5, 5.41) is 13.0. The molecule has 33 heavy (non-hydrogen) atoms. The van der Waals surface area contributed by atoms with E-state index in [0.29, 0.717) is 40.1 Å². The quantitative estimate of drug-likeness (QED) is 0.483. The van der Waals surface area contributed by atoms with Gasteiger partial charge in [0, 0.05) is 25.2 Å². The van der Waals surface area contributed by atoms with Crippen LogP contribution in [0.3, 0.4) is 0 Å². The highest BCUT2D eigenvalue weighted by atomic mass is 35.5. The summed E-state index contributed by atoms with van der Waals surface area (Å²) in [6, 6.07) is 9.98. The maximum Gasteiger partial charge on any atom is 0.257 e. The fourth-order valence-corrected chi connectivity index (χ4v) is 3.46. The van der Waals surface area contributed by atoms with Crippen LogP contribution in [0.25, 0.3) is 11.3 Å². The number of aromatic hydroxyl groups is 1. The number of methoxy groups -OCH3 is 1. The maximum atomic E-state index is 13.0. The highest BCUT2D eigenvalue weighted by Gasteiger charge is 2.19. The lowest BCUT2D eigenvalue weighted by Crippen LogP contribution is -2.30. The van der Waals surface area contributed by atoms with Gasteiger partial charge in [0.05, 0.1) is 41.5 Å². The van der Waals surface area contributed by atoms with Gasteiger partial charge in [-0.3, -0.25) is 9.78 Å². The Morgan fingerprint density at radius 1 is 1.12 bits per heavy atom. The number of carbonyl (C=O) groups excluding carboxylic acids is 1. The average Bonchev–Trinajstić information content (AvgIpc) is 2.80. The summed E-state index contributed by atoms with van der Waals surface area (Å²) in [4.78, 5) is 25.5. The van der Waals surface area contributed by atoms with Gasteiger partial charge in [-0.05, 0) is 57.4 Å². The molecule has 8 nitrogen and oxygen atoms in total. The third kappa shape index (κ3) is 6.34. The SMILES string of the molecule is COc1cc(Nc2cncc(-c3ccc(O)cc3)n2)c(Cl)cc1C(=O)N(C)CCCN(C)C. The van der Waals surface area contributed by atoms with Crippen LogP contribution in [-0.2, 0) is 0 Å². The number of halogens is 1. The molecule has 1 aromatic heterocycles. The van der Waals surface area contributed by atoms with E-state index < -0.39 is 0 Å². The molecule has 9 heteroatoms. The van der Waals surface area contributed by atoms with Gasteiger partial charge in [0.2, 0.25) is 0 Å². The summed E-state index contributed by atoms with van der Waals surface area (Å²) >= 11 is 6.51. The number of phenolic OH excluding ortho intramolecular Hbond substituents is 1.